The standard InChI is InChI=1S/C33H36Cl2N2O4/c1-36-17-26-13-24-14-30(33(38)39)37(16-21-4-2-3-5-21)18-25(24)15-31(26)41-32(19-36)23-7-9-27(10-8-23)40-20-22-6-11-28(34)29(35)12-22/h6-13,15,21,30,32H,2-5,14,16-20H2,1H3,(H,38,39)/t30-,32+/m0/s1. The maximum atomic E-state index is 12.2. The number of hydrogen-bond donors (Lipinski definition) is 1. The molecule has 41 heavy (non-hydrogen) atoms. The maximum absolute atomic E-state index is 12.2. The van der Waals surface area contributed by atoms with Gasteiger partial charge >= 0.3 is 5.97 Å². The second-order valence-corrected chi connectivity index (χ2v) is 12.6. The van der Waals surface area contributed by atoms with Crippen LogP contribution in [0.3, 0.4) is 0 Å². The lowest BCUT2D eigenvalue weighted by molar-refractivity contribution is -0.144. The van der Waals surface area contributed by atoms with Gasteiger partial charge in [-0.25, -0.2) is 0 Å². The lowest BCUT2D eigenvalue weighted by Gasteiger charge is -2.36. The first-order chi connectivity index (χ1) is 19.8. The van der Waals surface area contributed by atoms with Gasteiger partial charge in [-0.15, -0.1) is 0 Å². The number of carboxylic acids is 1. The first-order valence-electron chi connectivity index (χ1n) is 14.5. The third kappa shape index (κ3) is 6.51. The van der Waals surface area contributed by atoms with Crippen LogP contribution >= 0.6 is 23.2 Å². The van der Waals surface area contributed by atoms with Crippen LogP contribution in [0.2, 0.25) is 10.0 Å². The molecule has 8 heteroatoms. The van der Waals surface area contributed by atoms with E-state index in [0.717, 1.165) is 53.4 Å². The van der Waals surface area contributed by atoms with E-state index in [-0.39, 0.29) is 6.10 Å². The summed E-state index contributed by atoms with van der Waals surface area (Å²) in [5.74, 6) is 1.55. The number of ether oxygens (including phenoxy) is 2. The predicted octanol–water partition coefficient (Wildman–Crippen LogP) is 7.14. The Morgan fingerprint density at radius 1 is 0.976 bits per heavy atom. The Labute approximate surface area is 251 Å². The molecule has 0 saturated heterocycles. The lowest BCUT2D eigenvalue weighted by Crippen LogP contribution is -2.47. The Morgan fingerprint density at radius 3 is 2.49 bits per heavy atom. The molecule has 1 N–H and O–H groups in total. The highest BCUT2D eigenvalue weighted by molar-refractivity contribution is 6.42. The van der Waals surface area contributed by atoms with Gasteiger partial charge in [0.25, 0.3) is 0 Å². The van der Waals surface area contributed by atoms with Gasteiger partial charge in [0.1, 0.15) is 30.3 Å². The van der Waals surface area contributed by atoms with E-state index in [4.69, 9.17) is 32.7 Å². The molecule has 0 unspecified atom stereocenters. The van der Waals surface area contributed by atoms with Crippen molar-refractivity contribution in [2.45, 2.75) is 63.9 Å². The number of carbonyl (C=O) groups is 1. The first-order valence-corrected chi connectivity index (χ1v) is 15.2. The zero-order valence-electron chi connectivity index (χ0n) is 23.3. The Balaban J connectivity index is 1.18. The van der Waals surface area contributed by atoms with E-state index in [0.29, 0.717) is 35.5 Å². The van der Waals surface area contributed by atoms with Crippen LogP contribution in [0.1, 0.15) is 59.6 Å². The highest BCUT2D eigenvalue weighted by atomic mass is 35.5. The van der Waals surface area contributed by atoms with E-state index < -0.39 is 12.0 Å². The minimum Gasteiger partial charge on any atom is -0.489 e. The number of carboxylic acid groups (broad SMARTS) is 1. The second kappa shape index (κ2) is 12.2. The van der Waals surface area contributed by atoms with Crippen LogP contribution in [0.5, 0.6) is 11.5 Å². The van der Waals surface area contributed by atoms with Crippen molar-refractivity contribution < 1.29 is 19.4 Å². The largest absolute Gasteiger partial charge is 0.489 e. The highest BCUT2D eigenvalue weighted by Gasteiger charge is 2.35. The number of halogens is 2. The molecule has 6 nitrogen and oxygen atoms in total. The van der Waals surface area contributed by atoms with Crippen LogP contribution in [0.15, 0.2) is 54.6 Å². The fourth-order valence-corrected chi connectivity index (χ4v) is 6.81. The fraction of sp³-hybridized carbons (Fsp3) is 0.424. The average Bonchev–Trinajstić information content (AvgIpc) is 3.40. The summed E-state index contributed by atoms with van der Waals surface area (Å²) in [5, 5.41) is 11.1. The number of nitrogens with zero attached hydrogens (tertiary/aromatic N) is 2. The Morgan fingerprint density at radius 2 is 1.76 bits per heavy atom. The monoisotopic (exact) mass is 594 g/mol. The number of aliphatic carboxylic acids is 1. The van der Waals surface area contributed by atoms with Crippen LogP contribution < -0.4 is 9.47 Å². The number of likely N-dealkylation sites (N-methyl/N-ethyl adjacent to an activating group) is 1. The van der Waals surface area contributed by atoms with Gasteiger partial charge < -0.3 is 14.6 Å². The summed E-state index contributed by atoms with van der Waals surface area (Å²) in [6.07, 6.45) is 5.34. The second-order valence-electron chi connectivity index (χ2n) is 11.8. The van der Waals surface area contributed by atoms with Crippen molar-refractivity contribution in [3.63, 3.8) is 0 Å². The molecule has 3 aliphatic rings. The molecule has 1 aliphatic carbocycles. The molecule has 2 heterocycles. The van der Waals surface area contributed by atoms with E-state index in [2.05, 4.69) is 41.1 Å². The summed E-state index contributed by atoms with van der Waals surface area (Å²) < 4.78 is 12.6. The predicted molar refractivity (Wildman–Crippen MR) is 161 cm³/mol. The molecule has 216 valence electrons. The lowest BCUT2D eigenvalue weighted by atomic mass is 9.90. The molecule has 3 aromatic rings. The molecule has 6 rings (SSSR count). The normalized spacial score (nSPS) is 21.5. The van der Waals surface area contributed by atoms with Crippen molar-refractivity contribution in [1.82, 2.24) is 9.80 Å². The van der Waals surface area contributed by atoms with Crippen LogP contribution in [0.4, 0.5) is 0 Å². The molecule has 0 bridgehead atoms. The zero-order valence-corrected chi connectivity index (χ0v) is 24.8. The summed E-state index contributed by atoms with van der Waals surface area (Å²) in [6, 6.07) is 17.5. The molecule has 3 aromatic carbocycles. The smallest absolute Gasteiger partial charge is 0.321 e. The molecule has 0 aromatic heterocycles. The molecule has 1 saturated carbocycles. The summed E-state index contributed by atoms with van der Waals surface area (Å²) in [5.41, 5.74) is 5.47. The van der Waals surface area contributed by atoms with Crippen molar-refractivity contribution in [3.05, 3.63) is 92.5 Å². The van der Waals surface area contributed by atoms with Gasteiger partial charge in [-0.05, 0) is 84.8 Å². The van der Waals surface area contributed by atoms with Gasteiger partial charge in [-0.1, -0.05) is 60.3 Å². The Hall–Kier alpha value is -2.77. The average molecular weight is 596 g/mol. The molecule has 0 amide bonds. The third-order valence-corrected chi connectivity index (χ3v) is 9.43. The Bertz CT molecular complexity index is 1410. The molecule has 1 fully saturated rings. The van der Waals surface area contributed by atoms with Crippen molar-refractivity contribution in [2.24, 2.45) is 5.92 Å². The van der Waals surface area contributed by atoms with Crippen molar-refractivity contribution in [2.75, 3.05) is 20.1 Å². The molecule has 2 atom stereocenters. The molecule has 2 aliphatic heterocycles. The van der Waals surface area contributed by atoms with Crippen LogP contribution in [-0.2, 0) is 30.9 Å². The number of benzene rings is 3. The van der Waals surface area contributed by atoms with Gasteiger partial charge in [0.05, 0.1) is 10.0 Å². The van der Waals surface area contributed by atoms with Gasteiger partial charge in [0.15, 0.2) is 0 Å². The summed E-state index contributed by atoms with van der Waals surface area (Å²) in [7, 11) is 2.10. The number of rotatable bonds is 7. The van der Waals surface area contributed by atoms with Crippen LogP contribution in [0, 0.1) is 5.92 Å². The quantitative estimate of drug-likeness (QED) is 0.313. The van der Waals surface area contributed by atoms with Crippen molar-refractivity contribution >= 4 is 29.2 Å². The minimum atomic E-state index is -0.721. The minimum absolute atomic E-state index is 0.131. The zero-order chi connectivity index (χ0) is 28.5. The van der Waals surface area contributed by atoms with Crippen molar-refractivity contribution in [3.8, 4) is 11.5 Å². The summed E-state index contributed by atoms with van der Waals surface area (Å²) in [6.45, 7) is 3.42. The SMILES string of the molecule is CN1Cc2cc3c(cc2O[C@@H](c2ccc(OCc4ccc(Cl)c(Cl)c4)cc2)C1)CN(CC1CCCC1)[C@H](C(=O)O)C3. The Kier molecular flexibility index (Phi) is 8.45. The number of hydrogen-bond acceptors (Lipinski definition) is 5. The van der Waals surface area contributed by atoms with E-state index in [9.17, 15) is 9.90 Å². The van der Waals surface area contributed by atoms with Crippen LogP contribution in [-0.4, -0.2) is 47.1 Å². The van der Waals surface area contributed by atoms with Gasteiger partial charge in [0, 0.05) is 31.7 Å². The van der Waals surface area contributed by atoms with E-state index in [1.807, 2.05) is 24.3 Å². The third-order valence-electron chi connectivity index (χ3n) is 8.69. The van der Waals surface area contributed by atoms with Gasteiger partial charge in [0.2, 0.25) is 0 Å². The molecular weight excluding hydrogens is 559 g/mol. The van der Waals surface area contributed by atoms with Gasteiger partial charge in [-0.2, -0.15) is 0 Å². The van der Waals surface area contributed by atoms with E-state index in [1.54, 1.807) is 6.07 Å². The van der Waals surface area contributed by atoms with Crippen LogP contribution in [0.25, 0.3) is 0 Å². The first kappa shape index (κ1) is 28.4. The summed E-state index contributed by atoms with van der Waals surface area (Å²) in [4.78, 5) is 16.7. The van der Waals surface area contributed by atoms with Crippen molar-refractivity contribution in [1.29, 1.82) is 0 Å². The fourth-order valence-electron chi connectivity index (χ4n) is 6.49. The van der Waals surface area contributed by atoms with Gasteiger partial charge in [-0.3, -0.25) is 14.6 Å². The summed E-state index contributed by atoms with van der Waals surface area (Å²) >= 11 is 12.2. The van der Waals surface area contributed by atoms with E-state index in [1.165, 1.54) is 31.2 Å². The van der Waals surface area contributed by atoms with E-state index >= 15 is 0 Å². The topological polar surface area (TPSA) is 62.2 Å². The molecule has 0 radical (unpaired) electrons. The molecule has 0 spiro atoms. The number of fused-ring (bicyclic) bond motifs is 2. The maximum Gasteiger partial charge on any atom is 0.321 e. The highest BCUT2D eigenvalue weighted by Crippen LogP contribution is 2.37. The molecular formula is C33H36Cl2N2O4.